The zero-order chi connectivity index (χ0) is 16.4. The van der Waals surface area contributed by atoms with E-state index in [0.717, 1.165) is 27.8 Å². The molecule has 2 heterocycles. The number of carbonyl (C=O) groups excluding carboxylic acids is 2. The standard InChI is InChI=1S/C16H16IN3O2S/c1-10-7-11(17)4-5-13(10)19-14(21)8-12-9-23-16(18-12)20-6-2-3-15(20)22/h4-5,7,9H,2-3,6,8H2,1H3,(H,19,21). The Morgan fingerprint density at radius 1 is 1.48 bits per heavy atom. The summed E-state index contributed by atoms with van der Waals surface area (Å²) in [7, 11) is 0. The monoisotopic (exact) mass is 441 g/mol. The van der Waals surface area contributed by atoms with Gasteiger partial charge in [0, 0.05) is 27.6 Å². The number of halogens is 1. The lowest BCUT2D eigenvalue weighted by Crippen LogP contribution is -2.23. The average Bonchev–Trinajstić information content (AvgIpc) is 3.10. The first-order chi connectivity index (χ1) is 11.0. The maximum Gasteiger partial charge on any atom is 0.230 e. The van der Waals surface area contributed by atoms with Crippen molar-refractivity contribution in [3.8, 4) is 0 Å². The second-order valence-electron chi connectivity index (χ2n) is 5.45. The van der Waals surface area contributed by atoms with Gasteiger partial charge in [0.2, 0.25) is 11.8 Å². The van der Waals surface area contributed by atoms with Crippen LogP contribution in [-0.4, -0.2) is 23.3 Å². The number of hydrogen-bond acceptors (Lipinski definition) is 4. The van der Waals surface area contributed by atoms with E-state index in [1.54, 1.807) is 4.90 Å². The lowest BCUT2D eigenvalue weighted by Gasteiger charge is -2.10. The minimum Gasteiger partial charge on any atom is -0.326 e. The maximum atomic E-state index is 12.2. The van der Waals surface area contributed by atoms with Crippen LogP contribution in [0.25, 0.3) is 0 Å². The van der Waals surface area contributed by atoms with Crippen LogP contribution >= 0.6 is 33.9 Å². The molecule has 0 spiro atoms. The third-order valence-electron chi connectivity index (χ3n) is 3.65. The summed E-state index contributed by atoms with van der Waals surface area (Å²) in [4.78, 5) is 30.0. The first-order valence-corrected chi connectivity index (χ1v) is 9.29. The quantitative estimate of drug-likeness (QED) is 0.741. The highest BCUT2D eigenvalue weighted by Crippen LogP contribution is 2.25. The Hall–Kier alpha value is -1.48. The van der Waals surface area contributed by atoms with Crippen LogP contribution in [0.1, 0.15) is 24.1 Å². The molecule has 1 aliphatic heterocycles. The molecule has 0 atom stereocenters. The second-order valence-corrected chi connectivity index (χ2v) is 7.54. The summed E-state index contributed by atoms with van der Waals surface area (Å²) >= 11 is 3.66. The van der Waals surface area contributed by atoms with Crippen LogP contribution in [0, 0.1) is 10.5 Å². The van der Waals surface area contributed by atoms with Crippen molar-refractivity contribution >= 4 is 56.6 Å². The van der Waals surface area contributed by atoms with E-state index in [4.69, 9.17) is 0 Å². The molecule has 5 nitrogen and oxygen atoms in total. The van der Waals surface area contributed by atoms with E-state index >= 15 is 0 Å². The van der Waals surface area contributed by atoms with Gasteiger partial charge in [-0.05, 0) is 59.7 Å². The number of nitrogens with zero attached hydrogens (tertiary/aromatic N) is 2. The first kappa shape index (κ1) is 16.4. The van der Waals surface area contributed by atoms with Crippen molar-refractivity contribution in [2.24, 2.45) is 0 Å². The lowest BCUT2D eigenvalue weighted by atomic mass is 10.2. The van der Waals surface area contributed by atoms with Gasteiger partial charge in [-0.2, -0.15) is 0 Å². The summed E-state index contributed by atoms with van der Waals surface area (Å²) in [6.07, 6.45) is 1.67. The van der Waals surface area contributed by atoms with Crippen LogP contribution in [0.3, 0.4) is 0 Å². The van der Waals surface area contributed by atoms with Crippen molar-refractivity contribution in [3.05, 3.63) is 38.4 Å². The molecular formula is C16H16IN3O2S. The van der Waals surface area contributed by atoms with E-state index in [1.807, 2.05) is 30.5 Å². The Morgan fingerprint density at radius 2 is 2.30 bits per heavy atom. The topological polar surface area (TPSA) is 62.3 Å². The summed E-state index contributed by atoms with van der Waals surface area (Å²) in [6, 6.07) is 5.89. The second kappa shape index (κ2) is 6.96. The SMILES string of the molecule is Cc1cc(I)ccc1NC(=O)Cc1csc(N2CCCC2=O)n1. The number of nitrogens with one attached hydrogen (secondary N) is 1. The zero-order valence-corrected chi connectivity index (χ0v) is 15.6. The summed E-state index contributed by atoms with van der Waals surface area (Å²) in [5, 5.41) is 5.46. The third-order valence-corrected chi connectivity index (χ3v) is 5.23. The number of carbonyl (C=O) groups is 2. The Bertz CT molecular complexity index is 760. The number of rotatable bonds is 4. The van der Waals surface area contributed by atoms with Gasteiger partial charge in [0.15, 0.2) is 5.13 Å². The molecule has 0 aliphatic carbocycles. The van der Waals surface area contributed by atoms with Gasteiger partial charge >= 0.3 is 0 Å². The van der Waals surface area contributed by atoms with Crippen molar-refractivity contribution in [2.45, 2.75) is 26.2 Å². The fraction of sp³-hybridized carbons (Fsp3) is 0.312. The summed E-state index contributed by atoms with van der Waals surface area (Å²) in [5.74, 6) is 0.0174. The van der Waals surface area contributed by atoms with E-state index < -0.39 is 0 Å². The normalized spacial score (nSPS) is 14.3. The number of aryl methyl sites for hydroxylation is 1. The Morgan fingerprint density at radius 3 is 3.00 bits per heavy atom. The maximum absolute atomic E-state index is 12.2. The molecule has 120 valence electrons. The predicted octanol–water partition coefficient (Wildman–Crippen LogP) is 3.36. The Kier molecular flexibility index (Phi) is 4.96. The van der Waals surface area contributed by atoms with Gasteiger partial charge in [-0.15, -0.1) is 11.3 Å². The summed E-state index contributed by atoms with van der Waals surface area (Å²) in [6.45, 7) is 2.69. The zero-order valence-electron chi connectivity index (χ0n) is 12.6. The Balaban J connectivity index is 1.64. The lowest BCUT2D eigenvalue weighted by molar-refractivity contribution is -0.117. The van der Waals surface area contributed by atoms with Crippen LogP contribution in [0.4, 0.5) is 10.8 Å². The van der Waals surface area contributed by atoms with Gasteiger partial charge in [0.25, 0.3) is 0 Å². The largest absolute Gasteiger partial charge is 0.326 e. The number of thiazole rings is 1. The van der Waals surface area contributed by atoms with Gasteiger partial charge in [-0.3, -0.25) is 14.5 Å². The third kappa shape index (κ3) is 3.89. The highest BCUT2D eigenvalue weighted by Gasteiger charge is 2.24. The molecule has 0 bridgehead atoms. The van der Waals surface area contributed by atoms with Crippen molar-refractivity contribution < 1.29 is 9.59 Å². The van der Waals surface area contributed by atoms with Gasteiger partial charge in [0.1, 0.15) is 0 Å². The first-order valence-electron chi connectivity index (χ1n) is 7.34. The van der Waals surface area contributed by atoms with Gasteiger partial charge in [-0.25, -0.2) is 4.98 Å². The number of amides is 2. The van der Waals surface area contributed by atoms with Crippen molar-refractivity contribution in [3.63, 3.8) is 0 Å². The molecule has 1 N–H and O–H groups in total. The fourth-order valence-electron chi connectivity index (χ4n) is 2.48. The van der Waals surface area contributed by atoms with E-state index in [-0.39, 0.29) is 18.2 Å². The molecule has 1 aromatic carbocycles. The molecule has 1 fully saturated rings. The van der Waals surface area contributed by atoms with E-state index in [1.165, 1.54) is 11.3 Å². The molecule has 1 aromatic heterocycles. The van der Waals surface area contributed by atoms with Crippen LogP contribution in [-0.2, 0) is 16.0 Å². The molecule has 2 aromatic rings. The smallest absolute Gasteiger partial charge is 0.230 e. The summed E-state index contributed by atoms with van der Waals surface area (Å²) < 4.78 is 1.14. The number of aromatic nitrogens is 1. The molecule has 0 radical (unpaired) electrons. The molecular weight excluding hydrogens is 425 g/mol. The van der Waals surface area contributed by atoms with Gasteiger partial charge in [0.05, 0.1) is 12.1 Å². The molecule has 0 saturated carbocycles. The highest BCUT2D eigenvalue weighted by atomic mass is 127. The van der Waals surface area contributed by atoms with Gasteiger partial charge < -0.3 is 5.32 Å². The predicted molar refractivity (Wildman–Crippen MR) is 99.9 cm³/mol. The van der Waals surface area contributed by atoms with Crippen molar-refractivity contribution in [2.75, 3.05) is 16.8 Å². The van der Waals surface area contributed by atoms with E-state index in [0.29, 0.717) is 17.2 Å². The molecule has 7 heteroatoms. The average molecular weight is 441 g/mol. The highest BCUT2D eigenvalue weighted by molar-refractivity contribution is 14.1. The number of anilines is 2. The molecule has 23 heavy (non-hydrogen) atoms. The van der Waals surface area contributed by atoms with E-state index in [2.05, 4.69) is 32.9 Å². The van der Waals surface area contributed by atoms with Crippen LogP contribution in [0.5, 0.6) is 0 Å². The summed E-state index contributed by atoms with van der Waals surface area (Å²) in [5.41, 5.74) is 2.55. The van der Waals surface area contributed by atoms with Crippen molar-refractivity contribution in [1.82, 2.24) is 4.98 Å². The van der Waals surface area contributed by atoms with Gasteiger partial charge in [-0.1, -0.05) is 0 Å². The van der Waals surface area contributed by atoms with Crippen LogP contribution in [0.15, 0.2) is 23.6 Å². The number of benzene rings is 1. The molecule has 1 aliphatic rings. The molecule has 3 rings (SSSR count). The molecule has 0 unspecified atom stereocenters. The van der Waals surface area contributed by atoms with Crippen molar-refractivity contribution in [1.29, 1.82) is 0 Å². The Labute approximate surface area is 152 Å². The minimum absolute atomic E-state index is 0.0982. The fourth-order valence-corrected chi connectivity index (χ4v) is 3.99. The molecule has 1 saturated heterocycles. The van der Waals surface area contributed by atoms with Crippen LogP contribution < -0.4 is 10.2 Å². The van der Waals surface area contributed by atoms with E-state index in [9.17, 15) is 9.59 Å². The number of hydrogen-bond donors (Lipinski definition) is 1. The van der Waals surface area contributed by atoms with Crippen LogP contribution in [0.2, 0.25) is 0 Å². The minimum atomic E-state index is -0.0982. The molecule has 2 amide bonds.